The number of rotatable bonds is 4. The Morgan fingerprint density at radius 3 is 2.81 bits per heavy atom. The van der Waals surface area contributed by atoms with Crippen LogP contribution in [0.25, 0.3) is 5.69 Å². The van der Waals surface area contributed by atoms with Crippen LogP contribution >= 0.6 is 12.4 Å². The third-order valence-electron chi connectivity index (χ3n) is 4.49. The van der Waals surface area contributed by atoms with Crippen molar-refractivity contribution in [2.24, 2.45) is 0 Å². The Morgan fingerprint density at radius 1 is 1.26 bits per heavy atom. The molecule has 10 nitrogen and oxygen atoms in total. The van der Waals surface area contributed by atoms with Gasteiger partial charge in [-0.15, -0.1) is 22.6 Å². The van der Waals surface area contributed by atoms with Crippen LogP contribution in [-0.4, -0.2) is 54.2 Å². The summed E-state index contributed by atoms with van der Waals surface area (Å²) in [6, 6.07) is 5.84. The van der Waals surface area contributed by atoms with Gasteiger partial charge in [0.1, 0.15) is 6.33 Å². The van der Waals surface area contributed by atoms with Gasteiger partial charge in [0.25, 0.3) is 5.91 Å². The molecule has 1 aliphatic heterocycles. The van der Waals surface area contributed by atoms with Crippen LogP contribution < -0.4 is 10.6 Å². The highest BCUT2D eigenvalue weighted by molar-refractivity contribution is 6.02. The molecule has 3 aromatic rings. The van der Waals surface area contributed by atoms with E-state index < -0.39 is 0 Å². The number of amides is 1. The summed E-state index contributed by atoms with van der Waals surface area (Å²) >= 11 is 0. The molecule has 1 aromatic carbocycles. The van der Waals surface area contributed by atoms with E-state index in [9.17, 15) is 4.79 Å². The predicted octanol–water partition coefficient (Wildman–Crippen LogP) is 1.16. The molecule has 0 unspecified atom stereocenters. The number of aryl methyl sites for hydroxylation is 1. The largest absolute Gasteiger partial charge is 0.320 e. The van der Waals surface area contributed by atoms with Crippen LogP contribution in [0.15, 0.2) is 30.7 Å². The number of carbonyl (C=O) groups excluding carboxylic acids is 1. The molecule has 3 heterocycles. The lowest BCUT2D eigenvalue weighted by molar-refractivity contribution is 0.102. The first-order valence-electron chi connectivity index (χ1n) is 8.48. The monoisotopic (exact) mass is 389 g/mol. The van der Waals surface area contributed by atoms with E-state index in [0.29, 0.717) is 11.4 Å². The van der Waals surface area contributed by atoms with Crippen LogP contribution in [0.1, 0.15) is 34.9 Å². The maximum absolute atomic E-state index is 12.5. The molecule has 1 fully saturated rings. The van der Waals surface area contributed by atoms with Gasteiger partial charge in [-0.25, -0.2) is 9.36 Å². The second-order valence-corrected chi connectivity index (χ2v) is 6.27. The number of anilines is 1. The van der Waals surface area contributed by atoms with Gasteiger partial charge in [0, 0.05) is 5.69 Å². The van der Waals surface area contributed by atoms with Gasteiger partial charge in [-0.1, -0.05) is 11.3 Å². The molecule has 0 spiro atoms. The molecule has 142 valence electrons. The van der Waals surface area contributed by atoms with Gasteiger partial charge in [-0.2, -0.15) is 0 Å². The normalized spacial score (nSPS) is 14.6. The summed E-state index contributed by atoms with van der Waals surface area (Å²) in [7, 11) is 0. The number of halogens is 1. The lowest BCUT2D eigenvalue weighted by Gasteiger charge is -2.22. The lowest BCUT2D eigenvalue weighted by atomic mass is 10.1. The summed E-state index contributed by atoms with van der Waals surface area (Å²) in [6.45, 7) is 3.86. The standard InChI is InChI=1S/C16H19N9O.ClH/c1-11-2-3-12(8-15(11)25-10-18-21-23-25)19-16(26)14-9-24(22-20-14)13-4-6-17-7-5-13;/h2-3,8-10,13,17H,4-7H2,1H3,(H,19,26);1H. The zero-order valence-corrected chi connectivity index (χ0v) is 15.6. The van der Waals surface area contributed by atoms with Crippen LogP contribution in [-0.2, 0) is 0 Å². The minimum absolute atomic E-state index is 0. The van der Waals surface area contributed by atoms with Gasteiger partial charge in [0.15, 0.2) is 5.69 Å². The molecule has 27 heavy (non-hydrogen) atoms. The third kappa shape index (κ3) is 4.12. The minimum atomic E-state index is -0.295. The maximum Gasteiger partial charge on any atom is 0.277 e. The van der Waals surface area contributed by atoms with Crippen molar-refractivity contribution in [2.75, 3.05) is 18.4 Å². The van der Waals surface area contributed by atoms with Crippen LogP contribution in [0.5, 0.6) is 0 Å². The Bertz CT molecular complexity index is 903. The molecule has 11 heteroatoms. The van der Waals surface area contributed by atoms with Crippen LogP contribution in [0.2, 0.25) is 0 Å². The molecule has 2 N–H and O–H groups in total. The van der Waals surface area contributed by atoms with E-state index in [0.717, 1.165) is 37.2 Å². The molecule has 0 saturated carbocycles. The van der Waals surface area contributed by atoms with Crippen molar-refractivity contribution in [1.29, 1.82) is 0 Å². The molecular weight excluding hydrogens is 370 g/mol. The second-order valence-electron chi connectivity index (χ2n) is 6.27. The summed E-state index contributed by atoms with van der Waals surface area (Å²) in [4.78, 5) is 12.5. The van der Waals surface area contributed by atoms with Crippen LogP contribution in [0.3, 0.4) is 0 Å². The smallest absolute Gasteiger partial charge is 0.277 e. The Hall–Kier alpha value is -2.85. The average molecular weight is 390 g/mol. The summed E-state index contributed by atoms with van der Waals surface area (Å²) < 4.78 is 3.34. The van der Waals surface area contributed by atoms with E-state index in [1.165, 1.54) is 6.33 Å². The Labute approximate surface area is 161 Å². The van der Waals surface area contributed by atoms with Crippen molar-refractivity contribution in [2.45, 2.75) is 25.8 Å². The number of nitrogens with zero attached hydrogens (tertiary/aromatic N) is 7. The topological polar surface area (TPSA) is 115 Å². The molecule has 1 amide bonds. The Balaban J connectivity index is 0.00000210. The number of nitrogens with one attached hydrogen (secondary N) is 2. The fraction of sp³-hybridized carbons (Fsp3) is 0.375. The average Bonchev–Trinajstić information content (AvgIpc) is 3.36. The summed E-state index contributed by atoms with van der Waals surface area (Å²) in [5, 5.41) is 25.5. The molecule has 0 atom stereocenters. The van der Waals surface area contributed by atoms with Crippen molar-refractivity contribution >= 4 is 24.0 Å². The number of piperidine rings is 1. The highest BCUT2D eigenvalue weighted by atomic mass is 35.5. The van der Waals surface area contributed by atoms with Crippen molar-refractivity contribution < 1.29 is 4.79 Å². The van der Waals surface area contributed by atoms with Gasteiger partial charge in [-0.3, -0.25) is 4.79 Å². The van der Waals surface area contributed by atoms with Crippen LogP contribution in [0, 0.1) is 6.92 Å². The molecule has 2 aromatic heterocycles. The van der Waals surface area contributed by atoms with Gasteiger partial charge in [-0.05, 0) is 61.0 Å². The van der Waals surface area contributed by atoms with E-state index in [1.54, 1.807) is 15.6 Å². The maximum atomic E-state index is 12.5. The molecular formula is C16H20ClN9O. The molecule has 0 aliphatic carbocycles. The third-order valence-corrected chi connectivity index (χ3v) is 4.49. The lowest BCUT2D eigenvalue weighted by Crippen LogP contribution is -2.29. The molecule has 1 aliphatic rings. The zero-order valence-electron chi connectivity index (χ0n) is 14.7. The fourth-order valence-electron chi connectivity index (χ4n) is 3.03. The summed E-state index contributed by atoms with van der Waals surface area (Å²) in [6.07, 6.45) is 5.19. The summed E-state index contributed by atoms with van der Waals surface area (Å²) in [5.41, 5.74) is 2.73. The van der Waals surface area contributed by atoms with Crippen molar-refractivity contribution in [3.8, 4) is 5.69 Å². The Kier molecular flexibility index (Phi) is 5.77. The van der Waals surface area contributed by atoms with Crippen molar-refractivity contribution in [3.05, 3.63) is 42.0 Å². The minimum Gasteiger partial charge on any atom is -0.320 e. The number of hydrogen-bond acceptors (Lipinski definition) is 7. The van der Waals surface area contributed by atoms with Crippen molar-refractivity contribution in [1.82, 2.24) is 40.5 Å². The quantitative estimate of drug-likeness (QED) is 0.687. The molecule has 4 rings (SSSR count). The fourth-order valence-corrected chi connectivity index (χ4v) is 3.03. The number of hydrogen-bond donors (Lipinski definition) is 2. The van der Waals surface area contributed by atoms with Crippen molar-refractivity contribution in [3.63, 3.8) is 0 Å². The Morgan fingerprint density at radius 2 is 2.07 bits per heavy atom. The van der Waals surface area contributed by atoms with Gasteiger partial charge in [0.2, 0.25) is 0 Å². The van der Waals surface area contributed by atoms with Gasteiger partial charge in [0.05, 0.1) is 17.9 Å². The summed E-state index contributed by atoms with van der Waals surface area (Å²) in [5.74, 6) is -0.295. The van der Waals surface area contributed by atoms with Gasteiger partial charge < -0.3 is 10.6 Å². The predicted molar refractivity (Wildman–Crippen MR) is 100 cm³/mol. The van der Waals surface area contributed by atoms with E-state index >= 15 is 0 Å². The SMILES string of the molecule is Cc1ccc(NC(=O)c2cn(C3CCNCC3)nn2)cc1-n1cnnn1.Cl. The highest BCUT2D eigenvalue weighted by Gasteiger charge is 2.19. The molecule has 1 saturated heterocycles. The first kappa shape index (κ1) is 18.9. The van der Waals surface area contributed by atoms with Gasteiger partial charge >= 0.3 is 0 Å². The van der Waals surface area contributed by atoms with E-state index in [2.05, 4.69) is 36.5 Å². The van der Waals surface area contributed by atoms with E-state index in [1.807, 2.05) is 25.1 Å². The number of carbonyl (C=O) groups is 1. The highest BCUT2D eigenvalue weighted by Crippen LogP contribution is 2.20. The van der Waals surface area contributed by atoms with Crippen LogP contribution in [0.4, 0.5) is 5.69 Å². The first-order valence-corrected chi connectivity index (χ1v) is 8.48. The van der Waals surface area contributed by atoms with E-state index in [-0.39, 0.29) is 24.4 Å². The molecule has 0 bridgehead atoms. The second kappa shape index (κ2) is 8.23. The molecule has 0 radical (unpaired) electrons. The first-order chi connectivity index (χ1) is 12.7. The number of aromatic nitrogens is 7. The van der Waals surface area contributed by atoms with E-state index in [4.69, 9.17) is 0 Å². The number of benzene rings is 1. The number of tetrazole rings is 1. The zero-order chi connectivity index (χ0) is 17.9.